The van der Waals surface area contributed by atoms with Crippen LogP contribution in [0.4, 0.5) is 8.78 Å². The summed E-state index contributed by atoms with van der Waals surface area (Å²) in [4.78, 5) is 7.57. The van der Waals surface area contributed by atoms with Gasteiger partial charge in [0.1, 0.15) is 61.7 Å². The Bertz CT molecular complexity index is 2270. The van der Waals surface area contributed by atoms with E-state index >= 15 is 0 Å². The zero-order valence-corrected chi connectivity index (χ0v) is 32.8. The van der Waals surface area contributed by atoms with Crippen LogP contribution in [0.1, 0.15) is 45.0 Å². The van der Waals surface area contributed by atoms with E-state index in [0.29, 0.717) is 12.8 Å². The summed E-state index contributed by atoms with van der Waals surface area (Å²) in [5, 5.41) is 18.8. The Hall–Kier alpha value is -5.38. The lowest BCUT2D eigenvalue weighted by Gasteiger charge is -2.51. The quantitative estimate of drug-likeness (QED) is 0.220. The van der Waals surface area contributed by atoms with Gasteiger partial charge in [0.15, 0.2) is 23.0 Å². The van der Waals surface area contributed by atoms with Crippen molar-refractivity contribution in [2.45, 2.75) is 57.6 Å². The Kier molecular flexibility index (Phi) is 11.1. The maximum atomic E-state index is 14.1. The van der Waals surface area contributed by atoms with Gasteiger partial charge in [0.05, 0.1) is 39.4 Å². The second-order valence-corrected chi connectivity index (χ2v) is 14.3. The first-order valence-electron chi connectivity index (χ1n) is 18.1. The highest BCUT2D eigenvalue weighted by Gasteiger charge is 2.48. The average Bonchev–Trinajstić information content (AvgIpc) is 3.98. The predicted molar refractivity (Wildman–Crippen MR) is 196 cm³/mol. The number of nitrogens with zero attached hydrogens (tertiary/aromatic N) is 7. The Morgan fingerprint density at radius 1 is 0.893 bits per heavy atom. The molecular weight excluding hydrogens is 788 g/mol. The van der Waals surface area contributed by atoms with Gasteiger partial charge in [0, 0.05) is 35.6 Å². The molecule has 9 rings (SSSR count). The zero-order chi connectivity index (χ0) is 38.2. The van der Waals surface area contributed by atoms with Crippen molar-refractivity contribution in [2.24, 2.45) is 0 Å². The molecule has 5 heterocycles. The molecule has 0 radical (unpaired) electrons. The van der Waals surface area contributed by atoms with Crippen LogP contribution in [-0.2, 0) is 44.6 Å². The molecule has 0 aliphatic carbocycles. The lowest BCUT2D eigenvalue weighted by molar-refractivity contribution is -0.985. The van der Waals surface area contributed by atoms with Gasteiger partial charge >= 0.3 is 0 Å². The van der Waals surface area contributed by atoms with E-state index in [2.05, 4.69) is 69.6 Å². The van der Waals surface area contributed by atoms with Crippen LogP contribution < -0.4 is 35.9 Å². The van der Waals surface area contributed by atoms with Crippen LogP contribution in [0, 0.1) is 18.6 Å². The van der Waals surface area contributed by atoms with Crippen molar-refractivity contribution in [3.8, 4) is 23.0 Å². The maximum absolute atomic E-state index is 14.1. The Morgan fingerprint density at radius 2 is 1.61 bits per heavy atom. The van der Waals surface area contributed by atoms with Crippen molar-refractivity contribution in [1.29, 1.82) is 0 Å². The molecule has 15 heteroatoms. The van der Waals surface area contributed by atoms with Crippen molar-refractivity contribution in [3.63, 3.8) is 0 Å². The Labute approximate surface area is 333 Å². The number of benzene rings is 4. The number of hydrogen-bond donors (Lipinski definition) is 1. The smallest absolute Gasteiger partial charge is 0.231 e. The Balaban J connectivity index is 0.000000183. The molecule has 6 aromatic rings. The Morgan fingerprint density at radius 3 is 2.25 bits per heavy atom. The van der Waals surface area contributed by atoms with Crippen molar-refractivity contribution in [3.05, 3.63) is 143 Å². The number of quaternary nitrogens is 1. The highest BCUT2D eigenvalue weighted by Crippen LogP contribution is 2.51. The lowest BCUT2D eigenvalue weighted by atomic mass is 9.80. The number of methoxy groups -OCH3 is 2. The summed E-state index contributed by atoms with van der Waals surface area (Å²) in [6.45, 7) is 5.37. The van der Waals surface area contributed by atoms with E-state index in [4.69, 9.17) is 18.9 Å². The summed E-state index contributed by atoms with van der Waals surface area (Å²) in [6.07, 6.45) is 7.39. The van der Waals surface area contributed by atoms with Crippen LogP contribution in [0.3, 0.4) is 0 Å². The number of halogens is 3. The minimum Gasteiger partial charge on any atom is -1.00 e. The highest BCUT2D eigenvalue weighted by molar-refractivity contribution is 5.54. The third-order valence-electron chi connectivity index (χ3n) is 11.1. The molecule has 0 bridgehead atoms. The van der Waals surface area contributed by atoms with Gasteiger partial charge in [-0.2, -0.15) is 10.2 Å². The number of aromatic nitrogens is 6. The first-order valence-corrected chi connectivity index (χ1v) is 18.1. The van der Waals surface area contributed by atoms with E-state index in [1.165, 1.54) is 74.1 Å². The molecule has 2 atom stereocenters. The average molecular weight is 831 g/mol. The molecule has 2 unspecified atom stereocenters. The summed E-state index contributed by atoms with van der Waals surface area (Å²) in [7, 11) is 3.47. The summed E-state index contributed by atoms with van der Waals surface area (Å²) < 4.78 is 53.9. The molecule has 1 N–H and O–H groups in total. The summed E-state index contributed by atoms with van der Waals surface area (Å²) >= 11 is 0. The molecule has 2 aromatic heterocycles. The van der Waals surface area contributed by atoms with Crippen molar-refractivity contribution in [2.75, 3.05) is 27.6 Å². The molecule has 0 fully saturated rings. The molecule has 4 aromatic carbocycles. The van der Waals surface area contributed by atoms with Gasteiger partial charge in [-0.05, 0) is 47.9 Å². The molecule has 12 nitrogen and oxygen atoms in total. The topological polar surface area (TPSA) is 119 Å². The fraction of sp³-hybridized carbons (Fsp3) is 0.317. The van der Waals surface area contributed by atoms with E-state index < -0.39 is 17.2 Å². The molecule has 0 saturated carbocycles. The second-order valence-electron chi connectivity index (χ2n) is 14.3. The minimum atomic E-state index is -1.70. The lowest BCUT2D eigenvalue weighted by Crippen LogP contribution is -3.00. The standard InChI is InChI=1S/C28H30NO4.C13H12F2N6O.BrH/c1-18-6-4-5-7-21(18)15-29-11-10-20-13-26-27(33-17-32-26)14-22(20)24(29)12-19-8-9-25(30-2)28(31-3)23(19)16-29;14-10-1-2-11(12(15)3-10)13(22,4-20-8-16-6-18-20)5-21-9-17-7-19-21;/h4-9,13-14,24H,10-12,15-17H2,1-3H3;1-3,6-9,22H,4-5H2;1H/q+1;;/p-1. The van der Waals surface area contributed by atoms with Crippen molar-refractivity contribution >= 4 is 0 Å². The van der Waals surface area contributed by atoms with Gasteiger partial charge in [-0.25, -0.2) is 28.1 Å². The van der Waals surface area contributed by atoms with E-state index in [-0.39, 0.29) is 35.6 Å². The van der Waals surface area contributed by atoms with Gasteiger partial charge in [-0.1, -0.05) is 36.4 Å². The normalized spacial score (nSPS) is 17.7. The first-order chi connectivity index (χ1) is 26.7. The molecular formula is C41H42BrF2N7O5. The van der Waals surface area contributed by atoms with E-state index in [9.17, 15) is 13.9 Å². The fourth-order valence-corrected chi connectivity index (χ4v) is 8.36. The molecule has 3 aliphatic heterocycles. The molecule has 56 heavy (non-hydrogen) atoms. The summed E-state index contributed by atoms with van der Waals surface area (Å²) in [6, 6.07) is 20.9. The number of aryl methyl sites for hydroxylation is 1. The first kappa shape index (κ1) is 38.9. The number of hydrogen-bond acceptors (Lipinski definition) is 9. The monoisotopic (exact) mass is 829 g/mol. The van der Waals surface area contributed by atoms with Gasteiger partial charge in [-0.15, -0.1) is 0 Å². The number of aliphatic hydroxyl groups is 1. The minimum absolute atomic E-state index is 0. The van der Waals surface area contributed by atoms with Crippen LogP contribution in [0.15, 0.2) is 92.0 Å². The van der Waals surface area contributed by atoms with E-state index in [1.807, 2.05) is 6.07 Å². The van der Waals surface area contributed by atoms with E-state index in [1.54, 1.807) is 14.2 Å². The van der Waals surface area contributed by atoms with Crippen LogP contribution in [0.2, 0.25) is 0 Å². The highest BCUT2D eigenvalue weighted by atomic mass is 79.9. The zero-order valence-electron chi connectivity index (χ0n) is 31.2. The largest absolute Gasteiger partial charge is 1.00 e. The SMILES string of the molecule is COc1ccc2c(c1OC)C[N+]1(Cc3ccccc3C)CCc3cc4c(cc3C1C2)OCO4.OC(Cn1cncn1)(Cn1cncn1)c1ccc(F)cc1F.[Br-]. The van der Waals surface area contributed by atoms with Gasteiger partial charge in [0.25, 0.3) is 0 Å². The van der Waals surface area contributed by atoms with Crippen LogP contribution in [-0.4, -0.2) is 66.7 Å². The number of ether oxygens (including phenoxy) is 4. The van der Waals surface area contributed by atoms with Gasteiger partial charge < -0.3 is 45.5 Å². The summed E-state index contributed by atoms with van der Waals surface area (Å²) in [5.41, 5.74) is 6.44. The van der Waals surface area contributed by atoms with Gasteiger partial charge in [0.2, 0.25) is 6.79 Å². The molecule has 292 valence electrons. The van der Waals surface area contributed by atoms with Crippen LogP contribution in [0.5, 0.6) is 23.0 Å². The summed E-state index contributed by atoms with van der Waals surface area (Å²) in [5.74, 6) is 1.89. The molecule has 0 spiro atoms. The number of fused-ring (bicyclic) bond motifs is 5. The maximum Gasteiger partial charge on any atom is 0.231 e. The second kappa shape index (κ2) is 16.0. The van der Waals surface area contributed by atoms with E-state index in [0.717, 1.165) is 72.1 Å². The number of rotatable bonds is 9. The van der Waals surface area contributed by atoms with Crippen molar-refractivity contribution < 1.29 is 54.3 Å². The molecule has 3 aliphatic rings. The van der Waals surface area contributed by atoms with Crippen molar-refractivity contribution in [1.82, 2.24) is 29.5 Å². The molecule has 0 saturated heterocycles. The van der Waals surface area contributed by atoms with Crippen LogP contribution in [0.25, 0.3) is 0 Å². The fourth-order valence-electron chi connectivity index (χ4n) is 8.36. The predicted octanol–water partition coefficient (Wildman–Crippen LogP) is 2.85. The molecule has 0 amide bonds. The van der Waals surface area contributed by atoms with Crippen LogP contribution >= 0.6 is 0 Å². The third-order valence-corrected chi connectivity index (χ3v) is 11.1. The third kappa shape index (κ3) is 7.45. The van der Waals surface area contributed by atoms with Gasteiger partial charge in [-0.3, -0.25) is 0 Å².